The Morgan fingerprint density at radius 2 is 2.20 bits per heavy atom. The van der Waals surface area contributed by atoms with Crippen LogP contribution in [0.1, 0.15) is 6.92 Å². The molecule has 7 heteroatoms. The van der Waals surface area contributed by atoms with E-state index in [0.717, 1.165) is 4.47 Å². The molecule has 0 saturated heterocycles. The highest BCUT2D eigenvalue weighted by molar-refractivity contribution is 9.10. The average Bonchev–Trinajstić information content (AvgIpc) is 2.41. The van der Waals surface area contributed by atoms with Crippen molar-refractivity contribution in [3.05, 3.63) is 51.1 Å². The molecule has 0 aliphatic rings. The lowest BCUT2D eigenvalue weighted by molar-refractivity contribution is -0.386. The summed E-state index contributed by atoms with van der Waals surface area (Å²) in [5.41, 5.74) is 0.603. The van der Waals surface area contributed by atoms with E-state index in [4.69, 9.17) is 0 Å². The predicted molar refractivity (Wildman–Crippen MR) is 83.3 cm³/mol. The van der Waals surface area contributed by atoms with Crippen LogP contribution >= 0.6 is 27.7 Å². The fraction of sp³-hybridized carbons (Fsp3) is 0.154. The number of para-hydroxylation sites is 1. The zero-order valence-electron chi connectivity index (χ0n) is 10.7. The van der Waals surface area contributed by atoms with Crippen LogP contribution in [0.4, 0.5) is 11.4 Å². The van der Waals surface area contributed by atoms with E-state index >= 15 is 0 Å². The van der Waals surface area contributed by atoms with E-state index in [1.807, 2.05) is 13.0 Å². The van der Waals surface area contributed by atoms with Crippen molar-refractivity contribution in [1.29, 1.82) is 0 Å². The van der Waals surface area contributed by atoms with Crippen molar-refractivity contribution in [3.8, 4) is 0 Å². The lowest BCUT2D eigenvalue weighted by Gasteiger charge is -2.08. The molecule has 0 aliphatic heterocycles. The van der Waals surface area contributed by atoms with Gasteiger partial charge in [-0.2, -0.15) is 0 Å². The zero-order chi connectivity index (χ0) is 14.5. The van der Waals surface area contributed by atoms with Crippen molar-refractivity contribution < 1.29 is 4.92 Å². The van der Waals surface area contributed by atoms with Gasteiger partial charge in [-0.05, 0) is 47.1 Å². The molecule has 0 atom stereocenters. The number of anilines is 1. The van der Waals surface area contributed by atoms with Crippen molar-refractivity contribution in [2.75, 3.05) is 11.9 Å². The number of benzene rings is 1. The Labute approximate surface area is 129 Å². The third kappa shape index (κ3) is 3.29. The van der Waals surface area contributed by atoms with E-state index in [0.29, 0.717) is 22.2 Å². The minimum Gasteiger partial charge on any atom is -0.380 e. The van der Waals surface area contributed by atoms with Crippen LogP contribution in [0.25, 0.3) is 0 Å². The highest BCUT2D eigenvalue weighted by Gasteiger charge is 2.21. The minimum atomic E-state index is -0.364. The van der Waals surface area contributed by atoms with Crippen LogP contribution < -0.4 is 5.32 Å². The molecule has 0 bridgehead atoms. The molecule has 1 aromatic heterocycles. The summed E-state index contributed by atoms with van der Waals surface area (Å²) >= 11 is 4.67. The van der Waals surface area contributed by atoms with Crippen LogP contribution in [0.15, 0.2) is 50.9 Å². The normalized spacial score (nSPS) is 10.3. The van der Waals surface area contributed by atoms with Gasteiger partial charge in [0, 0.05) is 12.7 Å². The number of halogens is 1. The predicted octanol–water partition coefficient (Wildman–Crippen LogP) is 4.34. The third-order valence-electron chi connectivity index (χ3n) is 2.48. The van der Waals surface area contributed by atoms with Gasteiger partial charge in [-0.1, -0.05) is 17.8 Å². The van der Waals surface area contributed by atoms with Gasteiger partial charge in [-0.15, -0.1) is 0 Å². The van der Waals surface area contributed by atoms with Gasteiger partial charge in [-0.25, -0.2) is 4.98 Å². The summed E-state index contributed by atoms with van der Waals surface area (Å²) in [5.74, 6) is 0. The molecule has 2 aromatic rings. The fourth-order valence-electron chi connectivity index (χ4n) is 1.68. The Kier molecular flexibility index (Phi) is 4.97. The molecular weight excluding hydrogens is 342 g/mol. The van der Waals surface area contributed by atoms with Crippen molar-refractivity contribution in [3.63, 3.8) is 0 Å². The lowest BCUT2D eigenvalue weighted by atomic mass is 10.2. The number of hydrogen-bond donors (Lipinski definition) is 1. The van der Waals surface area contributed by atoms with Gasteiger partial charge in [0.25, 0.3) is 0 Å². The first kappa shape index (κ1) is 14.8. The van der Waals surface area contributed by atoms with E-state index in [1.165, 1.54) is 11.8 Å². The number of nitrogens with one attached hydrogen (secondary N) is 1. The quantitative estimate of drug-likeness (QED) is 0.639. The number of nitrogens with zero attached hydrogens (tertiary/aromatic N) is 2. The van der Waals surface area contributed by atoms with Gasteiger partial charge >= 0.3 is 5.69 Å². The Bertz CT molecular complexity index is 637. The minimum absolute atomic E-state index is 0.0805. The molecule has 5 nitrogen and oxygen atoms in total. The lowest BCUT2D eigenvalue weighted by Crippen LogP contribution is -2.02. The Hall–Kier alpha value is -1.60. The largest absolute Gasteiger partial charge is 0.380 e. The SMILES string of the molecule is CCNc1cccc(Sc2ncccc2Br)c1[N+](=O)[O-]. The smallest absolute Gasteiger partial charge is 0.306 e. The van der Waals surface area contributed by atoms with E-state index < -0.39 is 0 Å². The summed E-state index contributed by atoms with van der Waals surface area (Å²) in [7, 11) is 0. The van der Waals surface area contributed by atoms with Crippen molar-refractivity contribution in [1.82, 2.24) is 4.98 Å². The maximum absolute atomic E-state index is 11.3. The number of rotatable bonds is 5. The van der Waals surface area contributed by atoms with Crippen molar-refractivity contribution in [2.45, 2.75) is 16.8 Å². The number of hydrogen-bond acceptors (Lipinski definition) is 5. The van der Waals surface area contributed by atoms with E-state index in [9.17, 15) is 10.1 Å². The van der Waals surface area contributed by atoms with E-state index in [1.54, 1.807) is 30.5 Å². The molecule has 1 heterocycles. The van der Waals surface area contributed by atoms with Crippen molar-refractivity contribution in [2.24, 2.45) is 0 Å². The zero-order valence-corrected chi connectivity index (χ0v) is 13.1. The van der Waals surface area contributed by atoms with Gasteiger partial charge in [0.1, 0.15) is 10.7 Å². The van der Waals surface area contributed by atoms with Crippen LogP contribution in [0.2, 0.25) is 0 Å². The van der Waals surface area contributed by atoms with Crippen molar-refractivity contribution >= 4 is 39.1 Å². The Morgan fingerprint density at radius 1 is 1.40 bits per heavy atom. The van der Waals surface area contributed by atoms with Gasteiger partial charge < -0.3 is 5.32 Å². The van der Waals surface area contributed by atoms with Crippen LogP contribution in [0, 0.1) is 10.1 Å². The monoisotopic (exact) mass is 353 g/mol. The molecule has 0 amide bonds. The Morgan fingerprint density at radius 3 is 2.85 bits per heavy atom. The summed E-state index contributed by atoms with van der Waals surface area (Å²) in [6.45, 7) is 2.53. The van der Waals surface area contributed by atoms with Gasteiger partial charge in [-0.3, -0.25) is 10.1 Å². The van der Waals surface area contributed by atoms with E-state index in [2.05, 4.69) is 26.2 Å². The number of nitro groups is 1. The molecule has 1 aromatic carbocycles. The number of nitro benzene ring substituents is 1. The summed E-state index contributed by atoms with van der Waals surface area (Å²) in [5, 5.41) is 15.0. The maximum atomic E-state index is 11.3. The molecule has 0 unspecified atom stereocenters. The third-order valence-corrected chi connectivity index (χ3v) is 4.45. The molecule has 0 radical (unpaired) electrons. The van der Waals surface area contributed by atoms with Crippen LogP contribution in [0.3, 0.4) is 0 Å². The Balaban J connectivity index is 2.44. The molecule has 0 spiro atoms. The highest BCUT2D eigenvalue weighted by Crippen LogP contribution is 2.40. The molecular formula is C13H12BrN3O2S. The summed E-state index contributed by atoms with van der Waals surface area (Å²) in [6.07, 6.45) is 1.66. The first-order valence-corrected chi connectivity index (χ1v) is 7.54. The average molecular weight is 354 g/mol. The molecule has 0 aliphatic carbocycles. The molecule has 1 N–H and O–H groups in total. The summed E-state index contributed by atoms with van der Waals surface area (Å²) in [4.78, 5) is 15.7. The molecule has 0 saturated carbocycles. The number of pyridine rings is 1. The molecule has 2 rings (SSSR count). The molecule has 0 fully saturated rings. The summed E-state index contributed by atoms with van der Waals surface area (Å²) in [6, 6.07) is 8.89. The first-order valence-electron chi connectivity index (χ1n) is 5.93. The highest BCUT2D eigenvalue weighted by atomic mass is 79.9. The molecule has 104 valence electrons. The van der Waals surface area contributed by atoms with Gasteiger partial charge in [0.15, 0.2) is 0 Å². The summed E-state index contributed by atoms with van der Waals surface area (Å²) < 4.78 is 0.813. The fourth-order valence-corrected chi connectivity index (χ4v) is 3.09. The van der Waals surface area contributed by atoms with Crippen LogP contribution in [0.5, 0.6) is 0 Å². The maximum Gasteiger partial charge on any atom is 0.306 e. The van der Waals surface area contributed by atoms with Crippen LogP contribution in [-0.2, 0) is 0 Å². The second-order valence-electron chi connectivity index (χ2n) is 3.83. The standard InChI is InChI=1S/C13H12BrN3O2S/c1-2-15-10-6-3-7-11(12(10)17(18)19)20-13-9(14)5-4-8-16-13/h3-8,15H,2H2,1H3. The first-order chi connectivity index (χ1) is 9.63. The topological polar surface area (TPSA) is 68.1 Å². The second-order valence-corrected chi connectivity index (χ2v) is 5.72. The number of aromatic nitrogens is 1. The van der Waals surface area contributed by atoms with Gasteiger partial charge in [0.05, 0.1) is 14.3 Å². The second kappa shape index (κ2) is 6.71. The van der Waals surface area contributed by atoms with E-state index in [-0.39, 0.29) is 10.6 Å². The van der Waals surface area contributed by atoms with Crippen LogP contribution in [-0.4, -0.2) is 16.5 Å². The molecule has 20 heavy (non-hydrogen) atoms. The van der Waals surface area contributed by atoms with Gasteiger partial charge in [0.2, 0.25) is 0 Å².